The maximum atomic E-state index is 12.4. The van der Waals surface area contributed by atoms with Crippen LogP contribution in [-0.2, 0) is 62.0 Å². The second-order valence-corrected chi connectivity index (χ2v) is 24.5. The second-order valence-electron chi connectivity index (χ2n) is 24.5. The van der Waals surface area contributed by atoms with Crippen molar-refractivity contribution >= 4 is 98.8 Å². The number of amides is 3. The lowest BCUT2D eigenvalue weighted by Gasteiger charge is -2.40. The average Bonchev–Trinajstić information content (AvgIpc) is 0.800. The van der Waals surface area contributed by atoms with Crippen molar-refractivity contribution in [2.75, 3.05) is 110 Å². The maximum absolute atomic E-state index is 12.4. The third-order valence-electron chi connectivity index (χ3n) is 16.9. The van der Waals surface area contributed by atoms with Gasteiger partial charge in [0.1, 0.15) is 35.9 Å². The molecule has 5 N–H and O–H groups in total. The van der Waals surface area contributed by atoms with E-state index in [1.165, 1.54) is 124 Å². The smallest absolute Gasteiger partial charge is 0.328 e. The van der Waals surface area contributed by atoms with Crippen LogP contribution in [0.5, 0.6) is 0 Å². The normalized spacial score (nSPS) is 18.4. The number of nitro benzene ring substituents is 2. The predicted octanol–water partition coefficient (Wildman–Crippen LogP) is 12.1. The largest absolute Gasteiger partial charge is 0.469 e. The van der Waals surface area contributed by atoms with Crippen LogP contribution in [0.4, 0.5) is 55.6 Å². The van der Waals surface area contributed by atoms with Crippen molar-refractivity contribution in [3.05, 3.63) is 147 Å². The Kier molecular flexibility index (Phi) is 41.8. The van der Waals surface area contributed by atoms with Crippen LogP contribution in [0.2, 0.25) is 0 Å². The standard InChI is InChI=1S/C13H16N2O4.3C12H14N2O.C7H13NO2.C6H4FNO2.3C3H6O2.C3H8.C2H6O/c1-19-13(16)12-8-4-5-9-14(12)10-6-2-3-7-11(10)15(17)18;3*15-12-11-7-3-4-8-14(11)10-6-2-1-5-9(10)13-12;1-10-7(9)6-4-2-3-5-8-6;7-5-3-1-2-4-6(5)8(9)10;3*1-3(4)5-2;1-3-2;1-2-3/h2-3,6-7,12H,4-5,8-9H2,1H3;3*1-2,5-6,11H,3-4,7-8H2,(H,13,15);6,8H,2-5H2,1H3;1-4H;3*1-2H3;3H2,1-2H3;3H,2H2,1H3. The van der Waals surface area contributed by atoms with Gasteiger partial charge in [-0.25, -0.2) is 4.79 Å². The Hall–Kier alpha value is -10.3. The van der Waals surface area contributed by atoms with E-state index in [0.717, 1.165) is 120 Å². The highest BCUT2D eigenvalue weighted by molar-refractivity contribution is 6.05. The van der Waals surface area contributed by atoms with Gasteiger partial charge in [0.25, 0.3) is 5.69 Å². The number of carbonyl (C=O) groups excluding carboxylic acids is 8. The van der Waals surface area contributed by atoms with Gasteiger partial charge in [0, 0.05) is 65.7 Å². The third kappa shape index (κ3) is 29.8. The molecule has 0 aromatic heterocycles. The van der Waals surface area contributed by atoms with Gasteiger partial charge in [-0.3, -0.25) is 53.8 Å². The second kappa shape index (κ2) is 49.4. The first-order chi connectivity index (χ1) is 50.4. The number of hydrogen-bond acceptors (Lipinski definition) is 23. The predicted molar refractivity (Wildman–Crippen MR) is 403 cm³/mol. The number of nitro groups is 2. The number of rotatable bonds is 5. The number of ether oxygens (including phenoxy) is 5. The minimum atomic E-state index is -0.799. The number of hydrogen-bond donors (Lipinski definition) is 5. The first kappa shape index (κ1) is 88.9. The van der Waals surface area contributed by atoms with Crippen LogP contribution in [0.3, 0.4) is 0 Å². The van der Waals surface area contributed by atoms with E-state index < -0.39 is 27.4 Å². The molecule has 5 fully saturated rings. The van der Waals surface area contributed by atoms with E-state index >= 15 is 0 Å². The number of anilines is 7. The van der Waals surface area contributed by atoms with Crippen LogP contribution < -0.4 is 40.9 Å². The summed E-state index contributed by atoms with van der Waals surface area (Å²) in [6.07, 6.45) is 17.0. The number of methoxy groups -OCH3 is 5. The van der Waals surface area contributed by atoms with E-state index in [-0.39, 0.29) is 84.0 Å². The molecule has 5 aromatic rings. The highest BCUT2D eigenvalue weighted by atomic mass is 19.1. The number of benzene rings is 5. The van der Waals surface area contributed by atoms with Gasteiger partial charge in [-0.1, -0.05) is 87.4 Å². The molecule has 5 aromatic carbocycles. The van der Waals surface area contributed by atoms with Gasteiger partial charge in [-0.2, -0.15) is 4.39 Å². The molecule has 28 nitrogen and oxygen atoms in total. The number of piperidine rings is 5. The molecule has 3 amide bonds. The van der Waals surface area contributed by atoms with Crippen molar-refractivity contribution in [2.45, 2.75) is 174 Å². The van der Waals surface area contributed by atoms with Gasteiger partial charge < -0.3 is 69.7 Å². The molecule has 8 heterocycles. The summed E-state index contributed by atoms with van der Waals surface area (Å²) < 4.78 is 34.1. The highest BCUT2D eigenvalue weighted by Gasteiger charge is 2.37. The van der Waals surface area contributed by atoms with Gasteiger partial charge in [0.15, 0.2) is 0 Å². The van der Waals surface area contributed by atoms with E-state index in [0.29, 0.717) is 18.7 Å². The van der Waals surface area contributed by atoms with Crippen LogP contribution in [0.1, 0.15) is 144 Å². The fourth-order valence-corrected chi connectivity index (χ4v) is 11.9. The number of esters is 5. The molecule has 5 atom stereocenters. The Balaban J connectivity index is 0.000000313. The van der Waals surface area contributed by atoms with Crippen molar-refractivity contribution in [1.29, 1.82) is 0 Å². The molecule has 0 radical (unpaired) electrons. The number of carbonyl (C=O) groups is 8. The number of aliphatic hydroxyl groups excluding tert-OH is 1. The van der Waals surface area contributed by atoms with Crippen LogP contribution >= 0.6 is 0 Å². The molecule has 0 spiro atoms. The molecular weight excluding hydrogens is 1360 g/mol. The number of fused-ring (bicyclic) bond motifs is 9. The molecule has 13 rings (SSSR count). The zero-order valence-corrected chi connectivity index (χ0v) is 62.4. The summed E-state index contributed by atoms with van der Waals surface area (Å²) in [5.74, 6) is -1.51. The molecule has 0 aliphatic carbocycles. The van der Waals surface area contributed by atoms with E-state index in [4.69, 9.17) is 9.84 Å². The summed E-state index contributed by atoms with van der Waals surface area (Å²) in [4.78, 5) is 115. The Morgan fingerprint density at radius 1 is 0.448 bits per heavy atom. The molecule has 105 heavy (non-hydrogen) atoms. The average molecular weight is 1470 g/mol. The van der Waals surface area contributed by atoms with Crippen LogP contribution in [0, 0.1) is 26.0 Å². The van der Waals surface area contributed by atoms with E-state index in [1.807, 2.05) is 54.6 Å². The summed E-state index contributed by atoms with van der Waals surface area (Å²) in [7, 11) is 6.82. The fraction of sp³-hybridized carbons (Fsp3) is 0.500. The molecule has 0 saturated carbocycles. The van der Waals surface area contributed by atoms with Gasteiger partial charge in [0.05, 0.1) is 79.5 Å². The lowest BCUT2D eigenvalue weighted by Crippen LogP contribution is -2.50. The summed E-state index contributed by atoms with van der Waals surface area (Å²) in [5, 5.41) is 40.7. The number of aliphatic hydroxyl groups is 1. The first-order valence-electron chi connectivity index (χ1n) is 35.5. The van der Waals surface area contributed by atoms with Crippen molar-refractivity contribution in [3.8, 4) is 0 Å². The summed E-state index contributed by atoms with van der Waals surface area (Å²) in [6.45, 7) is 14.9. The number of nitrogens with zero attached hydrogens (tertiary/aromatic N) is 6. The van der Waals surface area contributed by atoms with Gasteiger partial charge in [-0.15, -0.1) is 0 Å². The Morgan fingerprint density at radius 3 is 1.07 bits per heavy atom. The van der Waals surface area contributed by atoms with Crippen LogP contribution in [-0.4, -0.2) is 168 Å². The molecule has 29 heteroatoms. The number of para-hydroxylation sites is 9. The Bertz CT molecular complexity index is 3320. The zero-order valence-electron chi connectivity index (χ0n) is 62.4. The third-order valence-corrected chi connectivity index (χ3v) is 16.9. The number of nitrogens with one attached hydrogen (secondary N) is 4. The van der Waals surface area contributed by atoms with Crippen molar-refractivity contribution in [3.63, 3.8) is 0 Å². The zero-order chi connectivity index (χ0) is 77.8. The Morgan fingerprint density at radius 2 is 0.752 bits per heavy atom. The van der Waals surface area contributed by atoms with Gasteiger partial charge in [0.2, 0.25) is 23.5 Å². The fourth-order valence-electron chi connectivity index (χ4n) is 11.9. The molecule has 8 aliphatic heterocycles. The van der Waals surface area contributed by atoms with Gasteiger partial charge in [-0.05, 0) is 152 Å². The van der Waals surface area contributed by atoms with E-state index in [2.05, 4.69) is 87.0 Å². The quantitative estimate of drug-likeness (QED) is 0.0472. The number of halogens is 1. The van der Waals surface area contributed by atoms with Gasteiger partial charge >= 0.3 is 35.5 Å². The Labute approximate surface area is 615 Å². The lowest BCUT2D eigenvalue weighted by molar-refractivity contribution is -0.387. The van der Waals surface area contributed by atoms with Crippen molar-refractivity contribution in [2.24, 2.45) is 0 Å². The maximum Gasteiger partial charge on any atom is 0.328 e. The van der Waals surface area contributed by atoms with Crippen molar-refractivity contribution in [1.82, 2.24) is 5.32 Å². The SMILES string of the molecule is CCC.CCO.COC(=O)C1CCCCN1.COC(=O)C1CCCCN1c1ccccc1[N+](=O)[O-].COC(C)=O.COC(C)=O.COC(C)=O.O=C1Nc2ccccc2N2CCCCC12.O=C1Nc2ccccc2N2CCCCC12.O=C1Nc2ccccc2N2CCCCC12.O=[N+]([O-])c1ccccc1F. The molecule has 0 bridgehead atoms. The molecule has 8 aliphatic rings. The molecule has 5 saturated heterocycles. The highest BCUT2D eigenvalue weighted by Crippen LogP contribution is 2.39. The lowest BCUT2D eigenvalue weighted by atomic mass is 9.97. The molecule has 5 unspecified atom stereocenters. The van der Waals surface area contributed by atoms with Crippen molar-refractivity contribution < 1.29 is 81.4 Å². The minimum absolute atomic E-state index is 0.0262. The van der Waals surface area contributed by atoms with E-state index in [9.17, 15) is 63.0 Å². The molecular formula is C76H107FN10O18. The topological polar surface area (TPSA) is 350 Å². The van der Waals surface area contributed by atoms with E-state index in [1.54, 1.807) is 30.0 Å². The monoisotopic (exact) mass is 1470 g/mol. The summed E-state index contributed by atoms with van der Waals surface area (Å²) in [5.41, 5.74) is 6.45. The summed E-state index contributed by atoms with van der Waals surface area (Å²) >= 11 is 0. The van der Waals surface area contributed by atoms with Crippen LogP contribution in [0.15, 0.2) is 121 Å². The van der Waals surface area contributed by atoms with Crippen LogP contribution in [0.25, 0.3) is 0 Å². The molecule has 576 valence electrons. The summed E-state index contributed by atoms with van der Waals surface area (Å²) in [6, 6.07) is 35.4. The minimum Gasteiger partial charge on any atom is -0.469 e. The first-order valence-corrected chi connectivity index (χ1v) is 35.5.